The van der Waals surface area contributed by atoms with Crippen molar-refractivity contribution >= 4 is 16.9 Å². The van der Waals surface area contributed by atoms with Crippen LogP contribution in [0.5, 0.6) is 0 Å². The van der Waals surface area contributed by atoms with E-state index in [0.717, 1.165) is 23.5 Å². The molecule has 8 nitrogen and oxygen atoms in total. The zero-order chi connectivity index (χ0) is 20.7. The average molecular weight is 395 g/mol. The Balaban J connectivity index is 2.01. The molecule has 148 valence electrons. The van der Waals surface area contributed by atoms with E-state index in [1.807, 2.05) is 0 Å². The molecule has 0 aliphatic heterocycles. The van der Waals surface area contributed by atoms with E-state index in [2.05, 4.69) is 16.4 Å². The van der Waals surface area contributed by atoms with Crippen molar-refractivity contribution < 1.29 is 18.0 Å². The molecule has 0 saturated heterocycles. The van der Waals surface area contributed by atoms with Gasteiger partial charge in [-0.15, -0.1) is 0 Å². The normalized spacial score (nSPS) is 16.1. The molecule has 2 heterocycles. The van der Waals surface area contributed by atoms with E-state index in [4.69, 9.17) is 0 Å². The smallest absolute Gasteiger partial charge is 0.336 e. The van der Waals surface area contributed by atoms with Gasteiger partial charge in [-0.25, -0.2) is 9.78 Å². The van der Waals surface area contributed by atoms with Gasteiger partial charge < -0.3 is 5.32 Å². The molecule has 11 heteroatoms. The van der Waals surface area contributed by atoms with Crippen LogP contribution < -0.4 is 16.6 Å². The van der Waals surface area contributed by atoms with Crippen LogP contribution >= 0.6 is 0 Å². The van der Waals surface area contributed by atoms with Gasteiger partial charge in [-0.3, -0.25) is 18.7 Å². The maximum atomic E-state index is 12.9. The number of halogens is 3. The molecule has 1 aliphatic rings. The number of hydrogen-bond acceptors (Lipinski definition) is 5. The first-order valence-electron chi connectivity index (χ1n) is 8.48. The van der Waals surface area contributed by atoms with Crippen LogP contribution in [0.4, 0.5) is 13.2 Å². The number of nitriles is 1. The van der Waals surface area contributed by atoms with Crippen LogP contribution in [0.25, 0.3) is 11.0 Å². The van der Waals surface area contributed by atoms with E-state index in [0.29, 0.717) is 23.5 Å². The van der Waals surface area contributed by atoms with Gasteiger partial charge in [-0.05, 0) is 37.8 Å². The topological polar surface area (TPSA) is 110 Å². The number of alkyl halides is 3. The predicted octanol–water partition coefficient (Wildman–Crippen LogP) is 1.07. The second kappa shape index (κ2) is 6.78. The molecule has 1 N–H and O–H groups in total. The maximum absolute atomic E-state index is 12.9. The van der Waals surface area contributed by atoms with E-state index in [1.165, 1.54) is 7.05 Å². The lowest BCUT2D eigenvalue weighted by Crippen LogP contribution is -2.49. The molecular formula is C17H16F3N5O3. The number of carbonyl (C=O) groups is 1. The monoisotopic (exact) mass is 395 g/mol. The van der Waals surface area contributed by atoms with Gasteiger partial charge in [0.1, 0.15) is 23.4 Å². The van der Waals surface area contributed by atoms with Crippen molar-refractivity contribution in [3.8, 4) is 6.07 Å². The minimum atomic E-state index is -4.73. The average Bonchev–Trinajstić information content (AvgIpc) is 3.11. The Morgan fingerprint density at radius 3 is 2.54 bits per heavy atom. The van der Waals surface area contributed by atoms with Gasteiger partial charge in [0.15, 0.2) is 0 Å². The molecule has 0 atom stereocenters. The highest BCUT2D eigenvalue weighted by molar-refractivity contribution is 5.78. The van der Waals surface area contributed by atoms with E-state index in [1.54, 1.807) is 0 Å². The first-order valence-corrected chi connectivity index (χ1v) is 8.48. The van der Waals surface area contributed by atoms with Gasteiger partial charge in [-0.1, -0.05) is 0 Å². The molecule has 0 unspecified atom stereocenters. The van der Waals surface area contributed by atoms with Crippen molar-refractivity contribution in [2.24, 2.45) is 7.05 Å². The third-order valence-corrected chi connectivity index (χ3v) is 4.83. The largest absolute Gasteiger partial charge is 0.433 e. The van der Waals surface area contributed by atoms with Crippen LogP contribution in [-0.4, -0.2) is 25.6 Å². The minimum absolute atomic E-state index is 0.223. The van der Waals surface area contributed by atoms with Crippen molar-refractivity contribution in [3.05, 3.63) is 38.7 Å². The summed E-state index contributed by atoms with van der Waals surface area (Å²) < 4.78 is 40.0. The van der Waals surface area contributed by atoms with Crippen LogP contribution in [-0.2, 0) is 24.6 Å². The first-order chi connectivity index (χ1) is 13.1. The molecule has 1 saturated carbocycles. The Hall–Kier alpha value is -3.16. The van der Waals surface area contributed by atoms with Crippen molar-refractivity contribution in [1.82, 2.24) is 19.4 Å². The fraction of sp³-hybridized carbons (Fsp3) is 0.471. The number of aromatic nitrogens is 3. The first kappa shape index (κ1) is 19.6. The van der Waals surface area contributed by atoms with Crippen LogP contribution in [0.2, 0.25) is 0 Å². The fourth-order valence-electron chi connectivity index (χ4n) is 3.37. The highest BCUT2D eigenvalue weighted by Gasteiger charge is 2.36. The lowest BCUT2D eigenvalue weighted by Gasteiger charge is -2.22. The number of nitrogens with zero attached hydrogens (tertiary/aromatic N) is 4. The lowest BCUT2D eigenvalue weighted by atomic mass is 10.00. The molecule has 1 amide bonds. The van der Waals surface area contributed by atoms with E-state index >= 15 is 0 Å². The van der Waals surface area contributed by atoms with Crippen LogP contribution in [0, 0.1) is 11.3 Å². The second-order valence-electron chi connectivity index (χ2n) is 6.75. The van der Waals surface area contributed by atoms with Crippen molar-refractivity contribution in [2.45, 2.75) is 43.9 Å². The maximum Gasteiger partial charge on any atom is 0.433 e. The number of fused-ring (bicyclic) bond motifs is 1. The fourth-order valence-corrected chi connectivity index (χ4v) is 3.37. The summed E-state index contributed by atoms with van der Waals surface area (Å²) in [7, 11) is 1.17. The molecule has 0 spiro atoms. The zero-order valence-corrected chi connectivity index (χ0v) is 14.8. The number of pyridine rings is 1. The van der Waals surface area contributed by atoms with Crippen molar-refractivity contribution in [3.63, 3.8) is 0 Å². The van der Waals surface area contributed by atoms with Crippen LogP contribution in [0.3, 0.4) is 0 Å². The summed E-state index contributed by atoms with van der Waals surface area (Å²) in [5, 5.41) is 11.7. The van der Waals surface area contributed by atoms with E-state index in [9.17, 15) is 32.8 Å². The number of rotatable bonds is 3. The molecule has 28 heavy (non-hydrogen) atoms. The van der Waals surface area contributed by atoms with Gasteiger partial charge in [0.2, 0.25) is 5.91 Å². The Morgan fingerprint density at radius 1 is 1.32 bits per heavy atom. The Morgan fingerprint density at radius 2 is 1.96 bits per heavy atom. The lowest BCUT2D eigenvalue weighted by molar-refractivity contribution is -0.141. The molecule has 0 aromatic carbocycles. The Bertz CT molecular complexity index is 1100. The molecule has 1 aliphatic carbocycles. The number of carbonyl (C=O) groups excluding carboxylic acids is 1. The molecule has 0 radical (unpaired) electrons. The van der Waals surface area contributed by atoms with Crippen LogP contribution in [0.15, 0.2) is 21.7 Å². The number of aryl methyl sites for hydroxylation is 1. The van der Waals surface area contributed by atoms with Gasteiger partial charge in [0.25, 0.3) is 5.56 Å². The molecule has 2 aromatic heterocycles. The number of amides is 1. The third-order valence-electron chi connectivity index (χ3n) is 4.83. The minimum Gasteiger partial charge on any atom is -0.336 e. The standard InChI is InChI=1S/C17H16F3N5O3/c1-24-13-10(4-5-11(22-13)17(18,19)20)14(27)25(15(24)28)8-12(26)23-16(9-21)6-2-3-7-16/h4-5H,2-3,6-8H2,1H3,(H,23,26). The molecular weight excluding hydrogens is 379 g/mol. The SMILES string of the molecule is Cn1c(=O)n(CC(=O)NC2(C#N)CCCC2)c(=O)c2ccc(C(F)(F)F)nc21. The highest BCUT2D eigenvalue weighted by atomic mass is 19.4. The van der Waals surface area contributed by atoms with Gasteiger partial charge >= 0.3 is 11.9 Å². The Kier molecular flexibility index (Phi) is 4.74. The van der Waals surface area contributed by atoms with Gasteiger partial charge in [0, 0.05) is 7.05 Å². The molecule has 2 aromatic rings. The van der Waals surface area contributed by atoms with Gasteiger partial charge in [0.05, 0.1) is 11.5 Å². The number of hydrogen-bond donors (Lipinski definition) is 1. The molecule has 3 rings (SSSR count). The summed E-state index contributed by atoms with van der Waals surface area (Å²) >= 11 is 0. The molecule has 0 bridgehead atoms. The van der Waals surface area contributed by atoms with Crippen molar-refractivity contribution in [1.29, 1.82) is 5.26 Å². The zero-order valence-electron chi connectivity index (χ0n) is 14.8. The van der Waals surface area contributed by atoms with E-state index in [-0.39, 0.29) is 5.39 Å². The quantitative estimate of drug-likeness (QED) is 0.836. The summed E-state index contributed by atoms with van der Waals surface area (Å²) in [6.07, 6.45) is -2.22. The summed E-state index contributed by atoms with van der Waals surface area (Å²) in [6.45, 7) is -0.647. The van der Waals surface area contributed by atoms with Crippen molar-refractivity contribution in [2.75, 3.05) is 0 Å². The predicted molar refractivity (Wildman–Crippen MR) is 91.2 cm³/mol. The highest BCUT2D eigenvalue weighted by Crippen LogP contribution is 2.29. The summed E-state index contributed by atoms with van der Waals surface area (Å²) in [5.74, 6) is -0.693. The summed E-state index contributed by atoms with van der Waals surface area (Å²) in [6, 6.07) is 3.63. The second-order valence-corrected chi connectivity index (χ2v) is 6.75. The summed E-state index contributed by atoms with van der Waals surface area (Å²) in [5.41, 5.74) is -4.58. The third kappa shape index (κ3) is 3.37. The van der Waals surface area contributed by atoms with Crippen LogP contribution in [0.1, 0.15) is 31.4 Å². The van der Waals surface area contributed by atoms with Gasteiger partial charge in [-0.2, -0.15) is 18.4 Å². The Labute approximate surface area is 156 Å². The summed E-state index contributed by atoms with van der Waals surface area (Å²) in [4.78, 5) is 40.7. The number of nitrogens with one attached hydrogen (secondary N) is 1. The van der Waals surface area contributed by atoms with E-state index < -0.39 is 46.8 Å². The molecule has 1 fully saturated rings.